The van der Waals surface area contributed by atoms with Crippen molar-refractivity contribution in [1.82, 2.24) is 14.5 Å². The molecule has 0 aliphatic carbocycles. The molecular weight excluding hydrogens is 344 g/mol. The van der Waals surface area contributed by atoms with Crippen molar-refractivity contribution in [3.63, 3.8) is 0 Å². The van der Waals surface area contributed by atoms with E-state index in [1.165, 1.54) is 0 Å². The van der Waals surface area contributed by atoms with Gasteiger partial charge in [0.1, 0.15) is 17.9 Å². The van der Waals surface area contributed by atoms with Crippen LogP contribution in [0.3, 0.4) is 0 Å². The van der Waals surface area contributed by atoms with Crippen LogP contribution in [0.2, 0.25) is 0 Å². The highest BCUT2D eigenvalue weighted by molar-refractivity contribution is 5.98. The number of rotatable bonds is 5. The Bertz CT molecular complexity index is 1010. The van der Waals surface area contributed by atoms with Gasteiger partial charge in [-0.2, -0.15) is 0 Å². The van der Waals surface area contributed by atoms with Gasteiger partial charge < -0.3 is 14.8 Å². The van der Waals surface area contributed by atoms with Gasteiger partial charge in [0.15, 0.2) is 0 Å². The smallest absolute Gasteiger partial charge is 0.232 e. The van der Waals surface area contributed by atoms with E-state index in [1.807, 2.05) is 49.7 Å². The van der Waals surface area contributed by atoms with Gasteiger partial charge in [0.2, 0.25) is 5.91 Å². The normalized spacial score (nSPS) is 14.2. The first kappa shape index (κ1) is 17.5. The molecule has 1 amide bonds. The van der Waals surface area contributed by atoms with Crippen molar-refractivity contribution in [2.24, 2.45) is 5.92 Å². The second kappa shape index (κ2) is 7.00. The van der Waals surface area contributed by atoms with Crippen LogP contribution in [0.4, 0.5) is 5.69 Å². The molecule has 0 saturated carbocycles. The Morgan fingerprint density at radius 1 is 1.33 bits per heavy atom. The zero-order valence-electron chi connectivity index (χ0n) is 15.7. The number of hydrogen-bond donors (Lipinski definition) is 1. The largest absolute Gasteiger partial charge is 0.493 e. The molecule has 1 fully saturated rings. The number of carbonyl (C=O) groups is 1. The van der Waals surface area contributed by atoms with Crippen LogP contribution in [-0.4, -0.2) is 40.3 Å². The Hall–Kier alpha value is -2.93. The maximum atomic E-state index is 12.2. The third-order valence-corrected chi connectivity index (χ3v) is 4.60. The summed E-state index contributed by atoms with van der Waals surface area (Å²) in [5, 5.41) is 3.85. The SMILES string of the molecule is CCOc1cc(-n2cnc(C)c2)nc2c(C)cc(NC(=O)C3COC3)cc12. The molecule has 1 N–H and O–H groups in total. The molecule has 1 aromatic carbocycles. The summed E-state index contributed by atoms with van der Waals surface area (Å²) in [6.07, 6.45) is 3.67. The molecule has 0 spiro atoms. The molecule has 3 aromatic rings. The molecule has 3 heterocycles. The molecule has 7 heteroatoms. The number of nitrogens with one attached hydrogen (secondary N) is 1. The van der Waals surface area contributed by atoms with Crippen molar-refractivity contribution in [2.75, 3.05) is 25.1 Å². The maximum absolute atomic E-state index is 12.2. The Morgan fingerprint density at radius 2 is 2.15 bits per heavy atom. The Morgan fingerprint density at radius 3 is 2.78 bits per heavy atom. The van der Waals surface area contributed by atoms with Gasteiger partial charge >= 0.3 is 0 Å². The molecule has 0 bridgehead atoms. The van der Waals surface area contributed by atoms with E-state index < -0.39 is 0 Å². The van der Waals surface area contributed by atoms with Crippen molar-refractivity contribution in [3.8, 4) is 11.6 Å². The maximum Gasteiger partial charge on any atom is 0.232 e. The van der Waals surface area contributed by atoms with Gasteiger partial charge in [-0.05, 0) is 38.5 Å². The van der Waals surface area contributed by atoms with E-state index >= 15 is 0 Å². The number of aromatic nitrogens is 3. The predicted molar refractivity (Wildman–Crippen MR) is 102 cm³/mol. The first-order valence-electron chi connectivity index (χ1n) is 9.03. The van der Waals surface area contributed by atoms with Crippen LogP contribution in [0.1, 0.15) is 18.2 Å². The van der Waals surface area contributed by atoms with Gasteiger partial charge in [-0.15, -0.1) is 0 Å². The summed E-state index contributed by atoms with van der Waals surface area (Å²) in [6.45, 7) is 7.37. The highest BCUT2D eigenvalue weighted by Crippen LogP contribution is 2.32. The molecule has 7 nitrogen and oxygen atoms in total. The zero-order valence-corrected chi connectivity index (χ0v) is 15.7. The van der Waals surface area contributed by atoms with Crippen LogP contribution in [0, 0.1) is 19.8 Å². The molecule has 4 rings (SSSR count). The lowest BCUT2D eigenvalue weighted by atomic mass is 10.1. The molecule has 0 atom stereocenters. The number of carbonyl (C=O) groups excluding carboxylic acids is 1. The fourth-order valence-corrected chi connectivity index (χ4v) is 3.11. The number of amides is 1. The minimum absolute atomic E-state index is 0.0172. The summed E-state index contributed by atoms with van der Waals surface area (Å²) in [4.78, 5) is 21.3. The van der Waals surface area contributed by atoms with E-state index in [1.54, 1.807) is 6.33 Å². The highest BCUT2D eigenvalue weighted by atomic mass is 16.5. The Balaban J connectivity index is 1.78. The number of ether oxygens (including phenoxy) is 2. The number of benzene rings is 1. The van der Waals surface area contributed by atoms with Gasteiger partial charge in [0.25, 0.3) is 0 Å². The number of fused-ring (bicyclic) bond motifs is 1. The average molecular weight is 366 g/mol. The molecule has 140 valence electrons. The zero-order chi connectivity index (χ0) is 19.0. The quantitative estimate of drug-likeness (QED) is 0.751. The minimum Gasteiger partial charge on any atom is -0.493 e. The van der Waals surface area contributed by atoms with E-state index in [4.69, 9.17) is 14.5 Å². The van der Waals surface area contributed by atoms with Crippen molar-refractivity contribution >= 4 is 22.5 Å². The van der Waals surface area contributed by atoms with E-state index in [2.05, 4.69) is 10.3 Å². The number of pyridine rings is 1. The van der Waals surface area contributed by atoms with E-state index in [9.17, 15) is 4.79 Å². The van der Waals surface area contributed by atoms with Crippen molar-refractivity contribution in [2.45, 2.75) is 20.8 Å². The molecule has 1 aliphatic rings. The molecule has 2 aromatic heterocycles. The Labute approximate surface area is 157 Å². The molecule has 1 saturated heterocycles. The lowest BCUT2D eigenvalue weighted by Gasteiger charge is -2.25. The fraction of sp³-hybridized carbons (Fsp3) is 0.350. The van der Waals surface area contributed by atoms with Crippen molar-refractivity contribution in [1.29, 1.82) is 0 Å². The third kappa shape index (κ3) is 3.38. The Kier molecular flexibility index (Phi) is 4.53. The third-order valence-electron chi connectivity index (χ3n) is 4.60. The molecule has 27 heavy (non-hydrogen) atoms. The first-order valence-corrected chi connectivity index (χ1v) is 9.03. The van der Waals surface area contributed by atoms with Crippen LogP contribution in [0.5, 0.6) is 5.75 Å². The van der Waals surface area contributed by atoms with Crippen LogP contribution in [0.15, 0.2) is 30.7 Å². The van der Waals surface area contributed by atoms with Gasteiger partial charge in [0.05, 0.1) is 36.9 Å². The standard InChI is InChI=1S/C20H22N4O3/c1-4-27-17-7-18(24-8-13(3)21-11-24)23-19-12(2)5-15(6-16(17)19)22-20(25)14-9-26-10-14/h5-8,11,14H,4,9-10H2,1-3H3,(H,22,25). The lowest BCUT2D eigenvalue weighted by Crippen LogP contribution is -2.38. The summed E-state index contributed by atoms with van der Waals surface area (Å²) in [7, 11) is 0. The van der Waals surface area contributed by atoms with Gasteiger partial charge in [-0.25, -0.2) is 9.97 Å². The molecule has 0 unspecified atom stereocenters. The van der Waals surface area contributed by atoms with Gasteiger partial charge in [-0.3, -0.25) is 9.36 Å². The number of nitrogens with zero attached hydrogens (tertiary/aromatic N) is 3. The number of imidazole rings is 1. The number of aryl methyl sites for hydroxylation is 2. The molecule has 0 radical (unpaired) electrons. The predicted octanol–water partition coefficient (Wildman–Crippen LogP) is 3.02. The van der Waals surface area contributed by atoms with Gasteiger partial charge in [0, 0.05) is 23.3 Å². The summed E-state index contributed by atoms with van der Waals surface area (Å²) in [5.74, 6) is 1.39. The van der Waals surface area contributed by atoms with Crippen LogP contribution >= 0.6 is 0 Å². The van der Waals surface area contributed by atoms with Crippen LogP contribution in [0.25, 0.3) is 16.7 Å². The van der Waals surface area contributed by atoms with E-state index in [0.29, 0.717) is 19.8 Å². The molecular formula is C20H22N4O3. The number of hydrogen-bond acceptors (Lipinski definition) is 5. The lowest BCUT2D eigenvalue weighted by molar-refractivity contribution is -0.133. The second-order valence-electron chi connectivity index (χ2n) is 6.75. The second-order valence-corrected chi connectivity index (χ2v) is 6.75. The van der Waals surface area contributed by atoms with Crippen molar-refractivity contribution in [3.05, 3.63) is 42.0 Å². The topological polar surface area (TPSA) is 78.3 Å². The summed E-state index contributed by atoms with van der Waals surface area (Å²) >= 11 is 0. The number of anilines is 1. The minimum atomic E-state index is -0.0719. The summed E-state index contributed by atoms with van der Waals surface area (Å²) in [6, 6.07) is 5.75. The van der Waals surface area contributed by atoms with E-state index in [0.717, 1.165) is 39.4 Å². The van der Waals surface area contributed by atoms with E-state index in [-0.39, 0.29) is 11.8 Å². The fourth-order valence-electron chi connectivity index (χ4n) is 3.11. The monoisotopic (exact) mass is 366 g/mol. The molecule has 1 aliphatic heterocycles. The first-order chi connectivity index (χ1) is 13.0. The average Bonchev–Trinajstić information content (AvgIpc) is 3.00. The highest BCUT2D eigenvalue weighted by Gasteiger charge is 2.26. The summed E-state index contributed by atoms with van der Waals surface area (Å²) in [5.41, 5.74) is 3.47. The van der Waals surface area contributed by atoms with Gasteiger partial charge in [-0.1, -0.05) is 0 Å². The van der Waals surface area contributed by atoms with Crippen molar-refractivity contribution < 1.29 is 14.3 Å². The van der Waals surface area contributed by atoms with Crippen LogP contribution < -0.4 is 10.1 Å². The van der Waals surface area contributed by atoms with Crippen LogP contribution in [-0.2, 0) is 9.53 Å². The summed E-state index contributed by atoms with van der Waals surface area (Å²) < 4.78 is 12.9.